The van der Waals surface area contributed by atoms with E-state index in [0.29, 0.717) is 11.1 Å². The highest BCUT2D eigenvalue weighted by Crippen LogP contribution is 2.35. The van der Waals surface area contributed by atoms with Crippen LogP contribution < -0.4 is 5.32 Å². The van der Waals surface area contributed by atoms with Gasteiger partial charge in [0.2, 0.25) is 11.8 Å². The number of benzene rings is 2. The lowest BCUT2D eigenvalue weighted by Gasteiger charge is -2.40. The number of hydrogen-bond acceptors (Lipinski definition) is 4. The number of nitrogens with zero attached hydrogens (tertiary/aromatic N) is 2. The lowest BCUT2D eigenvalue weighted by Crippen LogP contribution is -2.62. The fourth-order valence-corrected chi connectivity index (χ4v) is 4.57. The summed E-state index contributed by atoms with van der Waals surface area (Å²) in [5, 5.41) is 3.78. The van der Waals surface area contributed by atoms with E-state index in [9.17, 15) is 23.2 Å². The van der Waals surface area contributed by atoms with Crippen LogP contribution in [0.15, 0.2) is 53.9 Å². The molecule has 1 fully saturated rings. The van der Waals surface area contributed by atoms with Crippen LogP contribution in [0, 0.1) is 18.6 Å². The summed E-state index contributed by atoms with van der Waals surface area (Å²) in [6.45, 7) is 1.29. The van der Waals surface area contributed by atoms with Gasteiger partial charge in [-0.15, -0.1) is 11.8 Å². The normalized spacial score (nSPS) is 20.2. The fourth-order valence-electron chi connectivity index (χ4n) is 3.51. The SMILES string of the molecule is Cc1ccc(NC(=O)CN2C(=O)N(Cc3ccc(F)cc3)C(=O)C3SC=CC32)cc1F. The zero-order valence-electron chi connectivity index (χ0n) is 16.5. The molecule has 0 saturated carbocycles. The number of halogens is 2. The molecule has 0 aliphatic carbocycles. The molecule has 0 aromatic heterocycles. The van der Waals surface area contributed by atoms with Gasteiger partial charge >= 0.3 is 6.03 Å². The van der Waals surface area contributed by atoms with Gasteiger partial charge in [0.25, 0.3) is 0 Å². The molecule has 2 unspecified atom stereocenters. The van der Waals surface area contributed by atoms with E-state index in [4.69, 9.17) is 0 Å². The Hall–Kier alpha value is -3.20. The smallest absolute Gasteiger partial charge is 0.324 e. The van der Waals surface area contributed by atoms with Crippen LogP contribution in [0.4, 0.5) is 19.3 Å². The molecule has 6 nitrogen and oxygen atoms in total. The van der Waals surface area contributed by atoms with Crippen LogP contribution in [0.1, 0.15) is 11.1 Å². The van der Waals surface area contributed by atoms with Gasteiger partial charge in [0.05, 0.1) is 12.6 Å². The number of hydrogen-bond donors (Lipinski definition) is 1. The second-order valence-corrected chi connectivity index (χ2v) is 8.40. The molecule has 2 aromatic carbocycles. The van der Waals surface area contributed by atoms with E-state index in [1.807, 2.05) is 0 Å². The number of thioether (sulfide) groups is 1. The van der Waals surface area contributed by atoms with Crippen molar-refractivity contribution in [1.82, 2.24) is 9.80 Å². The molecule has 2 heterocycles. The Morgan fingerprint density at radius 1 is 1.13 bits per heavy atom. The largest absolute Gasteiger partial charge is 0.328 e. The highest BCUT2D eigenvalue weighted by atomic mass is 32.2. The molecule has 4 rings (SSSR count). The predicted molar refractivity (Wildman–Crippen MR) is 113 cm³/mol. The highest BCUT2D eigenvalue weighted by molar-refractivity contribution is 8.03. The number of urea groups is 1. The highest BCUT2D eigenvalue weighted by Gasteiger charge is 2.47. The van der Waals surface area contributed by atoms with Crippen molar-refractivity contribution in [3.8, 4) is 0 Å². The molecular formula is C22H19F2N3O3S. The molecule has 9 heteroatoms. The fraction of sp³-hybridized carbons (Fsp3) is 0.227. The molecule has 4 amide bonds. The van der Waals surface area contributed by atoms with Crippen molar-refractivity contribution >= 4 is 35.3 Å². The molecule has 0 spiro atoms. The molecule has 160 valence electrons. The minimum absolute atomic E-state index is 0.0248. The molecule has 0 radical (unpaired) electrons. The Bertz CT molecular complexity index is 1070. The van der Waals surface area contributed by atoms with Crippen LogP contribution >= 0.6 is 11.8 Å². The molecule has 0 bridgehead atoms. The Morgan fingerprint density at radius 2 is 1.87 bits per heavy atom. The van der Waals surface area contributed by atoms with Crippen LogP contribution in [0.2, 0.25) is 0 Å². The van der Waals surface area contributed by atoms with Crippen LogP contribution in [-0.2, 0) is 16.1 Å². The quantitative estimate of drug-likeness (QED) is 0.766. The Labute approximate surface area is 181 Å². The number of imide groups is 1. The average molecular weight is 443 g/mol. The molecule has 2 aliphatic heterocycles. The molecular weight excluding hydrogens is 424 g/mol. The summed E-state index contributed by atoms with van der Waals surface area (Å²) in [6.07, 6.45) is 1.72. The summed E-state index contributed by atoms with van der Waals surface area (Å²) < 4.78 is 26.9. The van der Waals surface area contributed by atoms with E-state index < -0.39 is 34.9 Å². The Kier molecular flexibility index (Phi) is 5.77. The second kappa shape index (κ2) is 8.50. The first-order chi connectivity index (χ1) is 14.8. The first-order valence-corrected chi connectivity index (χ1v) is 10.5. The third-order valence-corrected chi connectivity index (χ3v) is 6.27. The van der Waals surface area contributed by atoms with Gasteiger partial charge in [-0.25, -0.2) is 13.6 Å². The number of fused-ring (bicyclic) bond motifs is 1. The first kappa shape index (κ1) is 21.0. The number of aryl methyl sites for hydroxylation is 1. The lowest BCUT2D eigenvalue weighted by atomic mass is 10.1. The van der Waals surface area contributed by atoms with E-state index in [-0.39, 0.29) is 24.7 Å². The number of nitrogens with one attached hydrogen (secondary N) is 1. The monoisotopic (exact) mass is 443 g/mol. The minimum Gasteiger partial charge on any atom is -0.324 e. The predicted octanol–water partition coefficient (Wildman–Crippen LogP) is 3.67. The van der Waals surface area contributed by atoms with E-state index in [1.165, 1.54) is 47.0 Å². The van der Waals surface area contributed by atoms with Gasteiger partial charge < -0.3 is 10.2 Å². The van der Waals surface area contributed by atoms with E-state index in [1.54, 1.807) is 30.5 Å². The summed E-state index contributed by atoms with van der Waals surface area (Å²) in [5.74, 6) is -1.72. The van der Waals surface area contributed by atoms with Crippen molar-refractivity contribution in [2.75, 3.05) is 11.9 Å². The van der Waals surface area contributed by atoms with Gasteiger partial charge in [-0.2, -0.15) is 0 Å². The van der Waals surface area contributed by atoms with Gasteiger partial charge in [0.15, 0.2) is 0 Å². The van der Waals surface area contributed by atoms with E-state index in [2.05, 4.69) is 5.32 Å². The van der Waals surface area contributed by atoms with Gasteiger partial charge in [-0.1, -0.05) is 24.3 Å². The number of amides is 4. The van der Waals surface area contributed by atoms with E-state index >= 15 is 0 Å². The van der Waals surface area contributed by atoms with Crippen molar-refractivity contribution in [2.45, 2.75) is 24.8 Å². The maximum Gasteiger partial charge on any atom is 0.328 e. The van der Waals surface area contributed by atoms with Gasteiger partial charge in [0, 0.05) is 5.69 Å². The van der Waals surface area contributed by atoms with Crippen LogP contribution in [0.25, 0.3) is 0 Å². The van der Waals surface area contributed by atoms with Crippen LogP contribution in [0.5, 0.6) is 0 Å². The summed E-state index contributed by atoms with van der Waals surface area (Å²) in [6, 6.07) is 8.71. The van der Waals surface area contributed by atoms with Crippen LogP contribution in [0.3, 0.4) is 0 Å². The average Bonchev–Trinajstić information content (AvgIpc) is 3.23. The van der Waals surface area contributed by atoms with Gasteiger partial charge in [-0.05, 0) is 47.7 Å². The third-order valence-electron chi connectivity index (χ3n) is 5.18. The molecule has 31 heavy (non-hydrogen) atoms. The van der Waals surface area contributed by atoms with Gasteiger partial charge in [0.1, 0.15) is 23.4 Å². The van der Waals surface area contributed by atoms with E-state index in [0.717, 1.165) is 4.90 Å². The second-order valence-electron chi connectivity index (χ2n) is 7.35. The topological polar surface area (TPSA) is 69.7 Å². The zero-order chi connectivity index (χ0) is 22.1. The molecule has 2 aromatic rings. The molecule has 2 atom stereocenters. The molecule has 1 saturated heterocycles. The van der Waals surface area contributed by atoms with Crippen molar-refractivity contribution in [3.63, 3.8) is 0 Å². The van der Waals surface area contributed by atoms with Crippen LogP contribution in [-0.4, -0.2) is 45.5 Å². The Morgan fingerprint density at radius 3 is 2.58 bits per heavy atom. The number of carbonyl (C=O) groups excluding carboxylic acids is 3. The number of carbonyl (C=O) groups is 3. The van der Waals surface area contributed by atoms with Crippen molar-refractivity contribution in [2.24, 2.45) is 0 Å². The number of rotatable bonds is 5. The standard InChI is InChI=1S/C22H19F2N3O3S/c1-13-2-7-16(10-17(13)24)25-19(28)12-26-18-8-9-31-20(18)21(29)27(22(26)30)11-14-3-5-15(23)6-4-14/h2-10,18,20H,11-12H2,1H3,(H,25,28). The zero-order valence-corrected chi connectivity index (χ0v) is 17.4. The summed E-state index contributed by atoms with van der Waals surface area (Å²) in [7, 11) is 0. The lowest BCUT2D eigenvalue weighted by molar-refractivity contribution is -0.132. The Balaban J connectivity index is 1.52. The minimum atomic E-state index is -0.604. The summed E-state index contributed by atoms with van der Waals surface area (Å²) >= 11 is 1.28. The van der Waals surface area contributed by atoms with Crippen molar-refractivity contribution in [1.29, 1.82) is 0 Å². The van der Waals surface area contributed by atoms with Crippen molar-refractivity contribution < 1.29 is 23.2 Å². The van der Waals surface area contributed by atoms with Gasteiger partial charge in [-0.3, -0.25) is 14.5 Å². The molecule has 1 N–H and O–H groups in total. The molecule has 2 aliphatic rings. The summed E-state index contributed by atoms with van der Waals surface area (Å²) in [4.78, 5) is 41.0. The van der Waals surface area contributed by atoms with Crippen molar-refractivity contribution in [3.05, 3.63) is 76.7 Å². The maximum atomic E-state index is 13.8. The summed E-state index contributed by atoms with van der Waals surface area (Å²) in [5.41, 5.74) is 1.33. The number of anilines is 1. The first-order valence-electron chi connectivity index (χ1n) is 9.58. The maximum absolute atomic E-state index is 13.8. The third kappa shape index (κ3) is 4.32.